The number of hydrogen-bond donors (Lipinski definition) is 2. The van der Waals surface area contributed by atoms with Crippen LogP contribution in [0.2, 0.25) is 0 Å². The summed E-state index contributed by atoms with van der Waals surface area (Å²) >= 11 is 0. The van der Waals surface area contributed by atoms with Gasteiger partial charge in [-0.3, -0.25) is 0 Å². The maximum atomic E-state index is 9.85. The van der Waals surface area contributed by atoms with Gasteiger partial charge in [0.1, 0.15) is 5.58 Å². The second-order valence-electron chi connectivity index (χ2n) is 5.99. The van der Waals surface area contributed by atoms with Gasteiger partial charge in [-0.2, -0.15) is 0 Å². The highest BCUT2D eigenvalue weighted by atomic mass is 16.3. The normalized spacial score (nSPS) is 16.0. The molecule has 3 nitrogen and oxygen atoms in total. The summed E-state index contributed by atoms with van der Waals surface area (Å²) in [6.45, 7) is 7.56. The van der Waals surface area contributed by atoms with E-state index in [1.807, 2.05) is 12.1 Å². The standard InChI is InChI=1S/C18H27NO2/c1-4-6-10-18(3,17(13-20)19-5-2)15-7-8-16-14(12-15)9-11-21-16/h7-9,11-12,17,19-20H,4-6,10,13H2,1-3H3. The van der Waals surface area contributed by atoms with E-state index in [-0.39, 0.29) is 18.1 Å². The Morgan fingerprint density at radius 1 is 1.29 bits per heavy atom. The molecule has 0 fully saturated rings. The van der Waals surface area contributed by atoms with Gasteiger partial charge in [0.15, 0.2) is 0 Å². The highest BCUT2D eigenvalue weighted by Gasteiger charge is 2.34. The van der Waals surface area contributed by atoms with Crippen molar-refractivity contribution in [1.82, 2.24) is 5.32 Å². The van der Waals surface area contributed by atoms with Crippen molar-refractivity contribution < 1.29 is 9.52 Å². The molecular formula is C18H27NO2. The summed E-state index contributed by atoms with van der Waals surface area (Å²) in [5.74, 6) is 0. The lowest BCUT2D eigenvalue weighted by Crippen LogP contribution is -2.49. The third kappa shape index (κ3) is 3.30. The van der Waals surface area contributed by atoms with Crippen molar-refractivity contribution in [2.75, 3.05) is 13.2 Å². The van der Waals surface area contributed by atoms with Crippen molar-refractivity contribution in [2.45, 2.75) is 51.5 Å². The molecule has 0 bridgehead atoms. The molecule has 0 saturated carbocycles. The maximum Gasteiger partial charge on any atom is 0.133 e. The lowest BCUT2D eigenvalue weighted by molar-refractivity contribution is 0.175. The Morgan fingerprint density at radius 3 is 2.76 bits per heavy atom. The van der Waals surface area contributed by atoms with E-state index in [0.717, 1.165) is 36.8 Å². The monoisotopic (exact) mass is 289 g/mol. The van der Waals surface area contributed by atoms with Crippen LogP contribution >= 0.6 is 0 Å². The molecule has 1 aromatic carbocycles. The molecule has 3 heteroatoms. The molecule has 2 N–H and O–H groups in total. The Bertz CT molecular complexity index is 563. The molecule has 116 valence electrons. The number of nitrogens with one attached hydrogen (secondary N) is 1. The zero-order valence-electron chi connectivity index (χ0n) is 13.4. The summed E-state index contributed by atoms with van der Waals surface area (Å²) in [7, 11) is 0. The van der Waals surface area contributed by atoms with E-state index in [1.54, 1.807) is 6.26 Å². The summed E-state index contributed by atoms with van der Waals surface area (Å²) in [5, 5.41) is 14.4. The number of likely N-dealkylation sites (N-methyl/N-ethyl adjacent to an activating group) is 1. The molecule has 2 aromatic rings. The Labute approximate surface area is 127 Å². The van der Waals surface area contributed by atoms with Crippen LogP contribution in [0.5, 0.6) is 0 Å². The summed E-state index contributed by atoms with van der Waals surface area (Å²) in [6.07, 6.45) is 5.10. The van der Waals surface area contributed by atoms with Gasteiger partial charge in [0.25, 0.3) is 0 Å². The number of aliphatic hydroxyl groups excluding tert-OH is 1. The highest BCUT2D eigenvalue weighted by molar-refractivity contribution is 5.78. The molecule has 1 aromatic heterocycles. The number of benzene rings is 1. The Morgan fingerprint density at radius 2 is 2.10 bits per heavy atom. The van der Waals surface area contributed by atoms with Gasteiger partial charge in [-0.05, 0) is 36.7 Å². The molecule has 0 aliphatic rings. The van der Waals surface area contributed by atoms with Gasteiger partial charge in [0.2, 0.25) is 0 Å². The van der Waals surface area contributed by atoms with E-state index in [1.165, 1.54) is 5.56 Å². The van der Waals surface area contributed by atoms with E-state index in [2.05, 4.69) is 38.2 Å². The second kappa shape index (κ2) is 7.10. The average molecular weight is 289 g/mol. The molecule has 0 spiro atoms. The molecular weight excluding hydrogens is 262 g/mol. The molecule has 0 aliphatic heterocycles. The Balaban J connectivity index is 2.40. The average Bonchev–Trinajstić information content (AvgIpc) is 2.97. The smallest absolute Gasteiger partial charge is 0.133 e. The van der Waals surface area contributed by atoms with Crippen LogP contribution in [-0.2, 0) is 5.41 Å². The van der Waals surface area contributed by atoms with Crippen molar-refractivity contribution >= 4 is 11.0 Å². The second-order valence-corrected chi connectivity index (χ2v) is 5.99. The van der Waals surface area contributed by atoms with Crippen LogP contribution in [0.25, 0.3) is 11.0 Å². The lowest BCUT2D eigenvalue weighted by Gasteiger charge is -2.38. The minimum atomic E-state index is -0.0772. The summed E-state index contributed by atoms with van der Waals surface area (Å²) < 4.78 is 5.44. The van der Waals surface area contributed by atoms with Gasteiger partial charge in [-0.25, -0.2) is 0 Å². The van der Waals surface area contributed by atoms with E-state index >= 15 is 0 Å². The summed E-state index contributed by atoms with van der Waals surface area (Å²) in [5.41, 5.74) is 2.11. The molecule has 2 atom stereocenters. The predicted molar refractivity (Wildman–Crippen MR) is 87.6 cm³/mol. The first-order valence-electron chi connectivity index (χ1n) is 7.97. The Kier molecular flexibility index (Phi) is 5.43. The van der Waals surface area contributed by atoms with Crippen LogP contribution in [0.1, 0.15) is 45.6 Å². The maximum absolute atomic E-state index is 9.85. The van der Waals surface area contributed by atoms with Crippen LogP contribution in [-0.4, -0.2) is 24.3 Å². The fourth-order valence-corrected chi connectivity index (χ4v) is 3.12. The number of furan rings is 1. The van der Waals surface area contributed by atoms with Crippen LogP contribution in [0.3, 0.4) is 0 Å². The topological polar surface area (TPSA) is 45.4 Å². The highest BCUT2D eigenvalue weighted by Crippen LogP contribution is 2.35. The fourth-order valence-electron chi connectivity index (χ4n) is 3.12. The fraction of sp³-hybridized carbons (Fsp3) is 0.556. The van der Waals surface area contributed by atoms with Gasteiger partial charge >= 0.3 is 0 Å². The number of fused-ring (bicyclic) bond motifs is 1. The molecule has 2 rings (SSSR count). The molecule has 0 amide bonds. The molecule has 0 aliphatic carbocycles. The minimum Gasteiger partial charge on any atom is -0.464 e. The molecule has 2 unspecified atom stereocenters. The number of hydrogen-bond acceptors (Lipinski definition) is 3. The van der Waals surface area contributed by atoms with Crippen molar-refractivity contribution in [3.05, 3.63) is 36.1 Å². The zero-order valence-corrected chi connectivity index (χ0v) is 13.4. The minimum absolute atomic E-state index is 0.0680. The number of aliphatic hydroxyl groups is 1. The molecule has 1 heterocycles. The zero-order chi connectivity index (χ0) is 15.3. The summed E-state index contributed by atoms with van der Waals surface area (Å²) in [4.78, 5) is 0. The Hall–Kier alpha value is -1.32. The summed E-state index contributed by atoms with van der Waals surface area (Å²) in [6, 6.07) is 8.45. The first-order valence-corrected chi connectivity index (χ1v) is 7.97. The predicted octanol–water partition coefficient (Wildman–Crippen LogP) is 3.85. The third-order valence-electron chi connectivity index (χ3n) is 4.56. The van der Waals surface area contributed by atoms with Crippen molar-refractivity contribution in [2.24, 2.45) is 0 Å². The van der Waals surface area contributed by atoms with E-state index in [9.17, 15) is 5.11 Å². The van der Waals surface area contributed by atoms with Crippen molar-refractivity contribution in [1.29, 1.82) is 0 Å². The molecule has 0 radical (unpaired) electrons. The lowest BCUT2D eigenvalue weighted by atomic mass is 9.72. The van der Waals surface area contributed by atoms with Gasteiger partial charge in [-0.15, -0.1) is 0 Å². The first-order chi connectivity index (χ1) is 10.2. The molecule has 21 heavy (non-hydrogen) atoms. The molecule has 0 saturated heterocycles. The quantitative estimate of drug-likeness (QED) is 0.776. The van der Waals surface area contributed by atoms with Gasteiger partial charge in [-0.1, -0.05) is 39.7 Å². The largest absolute Gasteiger partial charge is 0.464 e. The number of rotatable bonds is 8. The van der Waals surface area contributed by atoms with Gasteiger partial charge in [0, 0.05) is 16.8 Å². The third-order valence-corrected chi connectivity index (χ3v) is 4.56. The van der Waals surface area contributed by atoms with Gasteiger partial charge in [0.05, 0.1) is 12.9 Å². The van der Waals surface area contributed by atoms with E-state index in [4.69, 9.17) is 4.42 Å². The van der Waals surface area contributed by atoms with Gasteiger partial charge < -0.3 is 14.8 Å². The van der Waals surface area contributed by atoms with Crippen molar-refractivity contribution in [3.8, 4) is 0 Å². The van der Waals surface area contributed by atoms with Crippen LogP contribution < -0.4 is 5.32 Å². The number of unbranched alkanes of at least 4 members (excludes halogenated alkanes) is 1. The van der Waals surface area contributed by atoms with E-state index < -0.39 is 0 Å². The SMILES string of the molecule is CCCCC(C)(c1ccc2occc2c1)C(CO)NCC. The van der Waals surface area contributed by atoms with Crippen LogP contribution in [0, 0.1) is 0 Å². The first kappa shape index (κ1) is 16.1. The van der Waals surface area contributed by atoms with Crippen LogP contribution in [0.15, 0.2) is 34.9 Å². The van der Waals surface area contributed by atoms with E-state index in [0.29, 0.717) is 0 Å². The van der Waals surface area contributed by atoms with Crippen LogP contribution in [0.4, 0.5) is 0 Å². The van der Waals surface area contributed by atoms with Crippen molar-refractivity contribution in [3.63, 3.8) is 0 Å².